The Hall–Kier alpha value is -1.81. The van der Waals surface area contributed by atoms with Crippen LogP contribution in [0.1, 0.15) is 50.5 Å². The van der Waals surface area contributed by atoms with Crippen molar-refractivity contribution in [3.8, 4) is 0 Å². The van der Waals surface area contributed by atoms with Crippen molar-refractivity contribution in [1.82, 2.24) is 5.32 Å². The average Bonchev–Trinajstić information content (AvgIpc) is 3.00. The minimum Gasteiger partial charge on any atom is -0.459 e. The summed E-state index contributed by atoms with van der Waals surface area (Å²) < 4.78 is 5.66. The van der Waals surface area contributed by atoms with Crippen molar-refractivity contribution >= 4 is 23.5 Å². The number of rotatable bonds is 3. The molecule has 1 heterocycles. The number of ether oxygens (including phenoxy) is 1. The van der Waals surface area contributed by atoms with Crippen LogP contribution < -0.4 is 5.32 Å². The van der Waals surface area contributed by atoms with E-state index < -0.39 is 0 Å². The number of benzene rings is 1. The Kier molecular flexibility index (Phi) is 4.71. The molecule has 1 saturated carbocycles. The average molecular weight is 334 g/mol. The Balaban J connectivity index is 1.88. The molecule has 1 aliphatic carbocycles. The summed E-state index contributed by atoms with van der Waals surface area (Å²) in [7, 11) is 0. The number of nitrogens with one attached hydrogen (secondary N) is 1. The van der Waals surface area contributed by atoms with Crippen LogP contribution in [0.15, 0.2) is 35.5 Å². The van der Waals surface area contributed by atoms with Gasteiger partial charge in [0.05, 0.1) is 5.57 Å². The van der Waals surface area contributed by atoms with Gasteiger partial charge in [-0.25, -0.2) is 4.79 Å². The van der Waals surface area contributed by atoms with Crippen molar-refractivity contribution in [2.45, 2.75) is 51.0 Å². The monoisotopic (exact) mass is 333 g/mol. The van der Waals surface area contributed by atoms with Gasteiger partial charge in [-0.15, -0.1) is 0 Å². The van der Waals surface area contributed by atoms with E-state index in [9.17, 15) is 9.59 Å². The fourth-order valence-corrected chi connectivity index (χ4v) is 3.50. The number of carbonyl (C=O) groups excluding carboxylic acids is 2. The number of amides is 1. The predicted octanol–water partition coefficient (Wildman–Crippen LogP) is 3.70. The summed E-state index contributed by atoms with van der Waals surface area (Å²) in [5, 5.41) is 3.39. The number of carbonyl (C=O) groups is 2. The first-order valence-corrected chi connectivity index (χ1v) is 8.39. The largest absolute Gasteiger partial charge is 0.459 e. The van der Waals surface area contributed by atoms with Gasteiger partial charge in [-0.2, -0.15) is 0 Å². The molecule has 0 radical (unpaired) electrons. The van der Waals surface area contributed by atoms with Crippen LogP contribution in [0.2, 0.25) is 5.02 Å². The molecule has 0 bridgehead atoms. The molecule has 4 nitrogen and oxygen atoms in total. The molecule has 0 unspecified atom stereocenters. The molecule has 23 heavy (non-hydrogen) atoms. The fraction of sp³-hybridized carbons (Fsp3) is 0.444. The first-order chi connectivity index (χ1) is 11.0. The Morgan fingerprint density at radius 3 is 2.52 bits per heavy atom. The van der Waals surface area contributed by atoms with E-state index in [1.807, 2.05) is 12.1 Å². The molecular weight excluding hydrogens is 314 g/mol. The summed E-state index contributed by atoms with van der Waals surface area (Å²) in [4.78, 5) is 24.6. The second-order valence-corrected chi connectivity index (χ2v) is 6.64. The summed E-state index contributed by atoms with van der Waals surface area (Å²) in [5.74, 6) is -0.677. The lowest BCUT2D eigenvalue weighted by molar-refractivity contribution is -0.144. The van der Waals surface area contributed by atoms with Crippen LogP contribution in [0.25, 0.3) is 0 Å². The van der Waals surface area contributed by atoms with Gasteiger partial charge in [-0.1, -0.05) is 23.7 Å². The van der Waals surface area contributed by atoms with Gasteiger partial charge < -0.3 is 10.1 Å². The first kappa shape index (κ1) is 16.1. The highest BCUT2D eigenvalue weighted by atomic mass is 35.5. The standard InChI is InChI=1S/C18H20ClNO3/c1-11-17(18(22)23-14-4-2-3-5-14)15(10-16(21)20-11)12-6-8-13(19)9-7-12/h6-9,14-15H,2-5,10H2,1H3,(H,20,21)/t15-/m1/s1. The third-order valence-electron chi connectivity index (χ3n) is 4.54. The zero-order chi connectivity index (χ0) is 16.4. The molecule has 1 amide bonds. The van der Waals surface area contributed by atoms with Crippen molar-refractivity contribution in [2.75, 3.05) is 0 Å². The maximum atomic E-state index is 12.7. The van der Waals surface area contributed by atoms with Crippen molar-refractivity contribution in [3.05, 3.63) is 46.1 Å². The molecule has 0 spiro atoms. The summed E-state index contributed by atoms with van der Waals surface area (Å²) in [6, 6.07) is 7.28. The highest BCUT2D eigenvalue weighted by Crippen LogP contribution is 2.35. The van der Waals surface area contributed by atoms with Crippen LogP contribution in [0.5, 0.6) is 0 Å². The summed E-state index contributed by atoms with van der Waals surface area (Å²) in [6.45, 7) is 1.76. The molecule has 0 saturated heterocycles. The number of allylic oxidation sites excluding steroid dienone is 1. The lowest BCUT2D eigenvalue weighted by atomic mass is 9.84. The number of halogens is 1. The zero-order valence-corrected chi connectivity index (χ0v) is 13.9. The topological polar surface area (TPSA) is 55.4 Å². The summed E-state index contributed by atoms with van der Waals surface area (Å²) in [6.07, 6.45) is 4.31. The highest BCUT2D eigenvalue weighted by molar-refractivity contribution is 6.30. The van der Waals surface area contributed by atoms with Crippen LogP contribution in [0.4, 0.5) is 0 Å². The van der Waals surface area contributed by atoms with E-state index in [1.165, 1.54) is 0 Å². The molecule has 1 N–H and O–H groups in total. The van der Waals surface area contributed by atoms with E-state index in [2.05, 4.69) is 5.32 Å². The molecule has 1 fully saturated rings. The third-order valence-corrected chi connectivity index (χ3v) is 4.79. The third kappa shape index (κ3) is 3.58. The lowest BCUT2D eigenvalue weighted by Gasteiger charge is -2.27. The van der Waals surface area contributed by atoms with Crippen LogP contribution in [-0.4, -0.2) is 18.0 Å². The van der Waals surface area contributed by atoms with Crippen molar-refractivity contribution < 1.29 is 14.3 Å². The van der Waals surface area contributed by atoms with Crippen LogP contribution in [0.3, 0.4) is 0 Å². The van der Waals surface area contributed by atoms with Gasteiger partial charge in [0.1, 0.15) is 6.10 Å². The van der Waals surface area contributed by atoms with Gasteiger partial charge in [0.15, 0.2) is 0 Å². The smallest absolute Gasteiger partial charge is 0.336 e. The molecule has 122 valence electrons. The number of hydrogen-bond acceptors (Lipinski definition) is 3. The van der Waals surface area contributed by atoms with E-state index in [1.54, 1.807) is 19.1 Å². The van der Waals surface area contributed by atoms with Crippen LogP contribution in [-0.2, 0) is 14.3 Å². The summed E-state index contributed by atoms with van der Waals surface area (Å²) >= 11 is 5.94. The van der Waals surface area contributed by atoms with Crippen LogP contribution >= 0.6 is 11.6 Å². The fourth-order valence-electron chi connectivity index (χ4n) is 3.37. The van der Waals surface area contributed by atoms with E-state index in [0.29, 0.717) is 16.3 Å². The second-order valence-electron chi connectivity index (χ2n) is 6.21. The quantitative estimate of drug-likeness (QED) is 0.858. The van der Waals surface area contributed by atoms with Crippen molar-refractivity contribution in [2.24, 2.45) is 0 Å². The van der Waals surface area contributed by atoms with Crippen LogP contribution in [0, 0.1) is 0 Å². The molecule has 1 aliphatic heterocycles. The van der Waals surface area contributed by atoms with Gasteiger partial charge >= 0.3 is 5.97 Å². The number of esters is 1. The van der Waals surface area contributed by atoms with Crippen molar-refractivity contribution in [1.29, 1.82) is 0 Å². The lowest BCUT2D eigenvalue weighted by Crippen LogP contribution is -2.35. The SMILES string of the molecule is CC1=C(C(=O)OC2CCCC2)[C@@H](c2ccc(Cl)cc2)CC(=O)N1. The van der Waals surface area contributed by atoms with Gasteiger partial charge in [-0.3, -0.25) is 4.79 Å². The summed E-state index contributed by atoms with van der Waals surface area (Å²) in [5.41, 5.74) is 2.05. The van der Waals surface area contributed by atoms with E-state index in [4.69, 9.17) is 16.3 Å². The normalized spacial score (nSPS) is 22.2. The molecular formula is C18H20ClNO3. The Bertz CT molecular complexity index is 645. The van der Waals surface area contributed by atoms with Crippen molar-refractivity contribution in [3.63, 3.8) is 0 Å². The van der Waals surface area contributed by atoms with Gasteiger partial charge in [0.25, 0.3) is 0 Å². The Morgan fingerprint density at radius 2 is 1.87 bits per heavy atom. The zero-order valence-electron chi connectivity index (χ0n) is 13.1. The minimum atomic E-state index is -0.311. The molecule has 1 aromatic carbocycles. The second kappa shape index (κ2) is 6.75. The molecule has 0 aromatic heterocycles. The molecule has 5 heteroatoms. The Labute approximate surface area is 140 Å². The minimum absolute atomic E-state index is 0.00583. The van der Waals surface area contributed by atoms with Gasteiger partial charge in [-0.05, 0) is 50.3 Å². The first-order valence-electron chi connectivity index (χ1n) is 8.01. The van der Waals surface area contributed by atoms with E-state index >= 15 is 0 Å². The van der Waals surface area contributed by atoms with E-state index in [-0.39, 0.29) is 30.3 Å². The predicted molar refractivity (Wildman–Crippen MR) is 88.0 cm³/mol. The highest BCUT2D eigenvalue weighted by Gasteiger charge is 2.34. The molecule has 3 rings (SSSR count). The maximum absolute atomic E-state index is 12.7. The number of hydrogen-bond donors (Lipinski definition) is 1. The van der Waals surface area contributed by atoms with E-state index in [0.717, 1.165) is 31.2 Å². The van der Waals surface area contributed by atoms with Gasteiger partial charge in [0, 0.05) is 23.1 Å². The van der Waals surface area contributed by atoms with Gasteiger partial charge in [0.2, 0.25) is 5.91 Å². The molecule has 1 aromatic rings. The Morgan fingerprint density at radius 1 is 1.22 bits per heavy atom. The molecule has 2 aliphatic rings. The molecule has 1 atom stereocenters. The maximum Gasteiger partial charge on any atom is 0.336 e.